The fraction of sp³-hybridized carbons (Fsp3) is 0.692. The van der Waals surface area contributed by atoms with Crippen molar-refractivity contribution < 1.29 is 23.7 Å². The molecule has 0 aliphatic heterocycles. The SMILES string of the molecule is CCCCOC(COCCCCOc1c(C)cc(OCC=C(Cl)Cl)cc1CC)OCCCC. The molecule has 0 bridgehead atoms. The number of halogens is 2. The number of hydrogen-bond donors (Lipinski definition) is 0. The first kappa shape index (κ1) is 30.1. The highest BCUT2D eigenvalue weighted by molar-refractivity contribution is 6.55. The van der Waals surface area contributed by atoms with E-state index < -0.39 is 0 Å². The molecule has 0 heterocycles. The second kappa shape index (κ2) is 19.3. The zero-order valence-corrected chi connectivity index (χ0v) is 22.3. The minimum Gasteiger partial charge on any atom is -0.493 e. The third-order valence-electron chi connectivity index (χ3n) is 4.98. The van der Waals surface area contributed by atoms with Gasteiger partial charge in [-0.1, -0.05) is 56.8 Å². The summed E-state index contributed by atoms with van der Waals surface area (Å²) in [5.74, 6) is 1.72. The van der Waals surface area contributed by atoms with E-state index in [4.69, 9.17) is 46.9 Å². The van der Waals surface area contributed by atoms with Gasteiger partial charge in [0.25, 0.3) is 0 Å². The maximum atomic E-state index is 6.10. The van der Waals surface area contributed by atoms with Gasteiger partial charge < -0.3 is 23.7 Å². The number of ether oxygens (including phenoxy) is 5. The normalized spacial score (nSPS) is 11.1. The first-order chi connectivity index (χ1) is 16.0. The van der Waals surface area contributed by atoms with Gasteiger partial charge in [0.1, 0.15) is 22.6 Å². The van der Waals surface area contributed by atoms with Crippen LogP contribution in [0.15, 0.2) is 22.7 Å². The lowest BCUT2D eigenvalue weighted by Gasteiger charge is -2.19. The Morgan fingerprint density at radius 3 is 2.15 bits per heavy atom. The second-order valence-electron chi connectivity index (χ2n) is 7.90. The number of aryl methyl sites for hydroxylation is 2. The van der Waals surface area contributed by atoms with Crippen LogP contribution in [0.5, 0.6) is 11.5 Å². The number of benzene rings is 1. The van der Waals surface area contributed by atoms with E-state index in [1.54, 1.807) is 6.08 Å². The van der Waals surface area contributed by atoms with E-state index in [-0.39, 0.29) is 10.8 Å². The first-order valence-corrected chi connectivity index (χ1v) is 13.0. The Morgan fingerprint density at radius 1 is 0.879 bits per heavy atom. The van der Waals surface area contributed by atoms with Crippen molar-refractivity contribution in [3.05, 3.63) is 33.8 Å². The molecule has 0 aliphatic carbocycles. The Bertz CT molecular complexity index is 652. The predicted molar refractivity (Wildman–Crippen MR) is 137 cm³/mol. The molecule has 0 aromatic heterocycles. The van der Waals surface area contributed by atoms with Crippen molar-refractivity contribution in [3.63, 3.8) is 0 Å². The third kappa shape index (κ3) is 14.1. The van der Waals surface area contributed by atoms with Crippen LogP contribution >= 0.6 is 23.2 Å². The van der Waals surface area contributed by atoms with Crippen molar-refractivity contribution in [2.24, 2.45) is 0 Å². The number of rotatable bonds is 20. The number of unbranched alkanes of at least 4 members (excludes halogenated alkanes) is 3. The summed E-state index contributed by atoms with van der Waals surface area (Å²) >= 11 is 11.3. The standard InChI is InChI=1S/C26H42Cl2O5/c1-5-8-14-31-25(32-15-9-6-2)20-29-13-10-11-16-33-26-21(4)18-23(19-22(26)7-3)30-17-12-24(27)28/h12,18-19,25H,5-11,13-17,20H2,1-4H3. The molecule has 190 valence electrons. The van der Waals surface area contributed by atoms with Crippen molar-refractivity contribution in [2.45, 2.75) is 78.9 Å². The van der Waals surface area contributed by atoms with Crippen LogP contribution in [-0.2, 0) is 20.6 Å². The van der Waals surface area contributed by atoms with E-state index in [0.717, 1.165) is 67.6 Å². The molecule has 1 aromatic carbocycles. The maximum absolute atomic E-state index is 6.10. The first-order valence-electron chi connectivity index (χ1n) is 12.2. The van der Waals surface area contributed by atoms with Crippen molar-refractivity contribution in [1.82, 2.24) is 0 Å². The molecule has 0 spiro atoms. The minimum atomic E-state index is -0.272. The van der Waals surface area contributed by atoms with Crippen LogP contribution in [0.3, 0.4) is 0 Å². The molecule has 0 fully saturated rings. The Balaban J connectivity index is 2.36. The molecule has 0 radical (unpaired) electrons. The lowest BCUT2D eigenvalue weighted by molar-refractivity contribution is -0.173. The molecule has 1 aromatic rings. The molecule has 0 atom stereocenters. The summed E-state index contributed by atoms with van der Waals surface area (Å²) in [4.78, 5) is 0. The summed E-state index contributed by atoms with van der Waals surface area (Å²) in [6.07, 6.45) is 8.34. The maximum Gasteiger partial charge on any atom is 0.180 e. The van der Waals surface area contributed by atoms with Gasteiger partial charge in [0.2, 0.25) is 0 Å². The van der Waals surface area contributed by atoms with Gasteiger partial charge >= 0.3 is 0 Å². The highest BCUT2D eigenvalue weighted by atomic mass is 35.5. The predicted octanol–water partition coefficient (Wildman–Crippen LogP) is 7.39. The Morgan fingerprint density at radius 2 is 1.55 bits per heavy atom. The van der Waals surface area contributed by atoms with Crippen molar-refractivity contribution in [3.8, 4) is 11.5 Å². The van der Waals surface area contributed by atoms with Crippen molar-refractivity contribution in [2.75, 3.05) is 39.6 Å². The Kier molecular flexibility index (Phi) is 17.6. The molecule has 0 unspecified atom stereocenters. The van der Waals surface area contributed by atoms with Crippen LogP contribution in [0.4, 0.5) is 0 Å². The van der Waals surface area contributed by atoms with Crippen LogP contribution in [0.1, 0.15) is 70.4 Å². The molecule has 0 saturated heterocycles. The van der Waals surface area contributed by atoms with Crippen LogP contribution in [0.2, 0.25) is 0 Å². The van der Waals surface area contributed by atoms with Gasteiger partial charge in [0, 0.05) is 19.8 Å². The van der Waals surface area contributed by atoms with Gasteiger partial charge in [-0.3, -0.25) is 0 Å². The number of hydrogen-bond acceptors (Lipinski definition) is 5. The molecule has 1 rings (SSSR count). The van der Waals surface area contributed by atoms with Gasteiger partial charge in [-0.2, -0.15) is 0 Å². The lowest BCUT2D eigenvalue weighted by Crippen LogP contribution is -2.25. The zero-order chi connectivity index (χ0) is 24.3. The Hall–Kier alpha value is -0.980. The van der Waals surface area contributed by atoms with Crippen molar-refractivity contribution >= 4 is 23.2 Å². The van der Waals surface area contributed by atoms with E-state index in [1.807, 2.05) is 19.1 Å². The topological polar surface area (TPSA) is 46.2 Å². The lowest BCUT2D eigenvalue weighted by atomic mass is 10.1. The summed E-state index contributed by atoms with van der Waals surface area (Å²) in [6, 6.07) is 3.99. The molecule has 0 amide bonds. The summed E-state index contributed by atoms with van der Waals surface area (Å²) in [5, 5.41) is 0. The monoisotopic (exact) mass is 504 g/mol. The van der Waals surface area contributed by atoms with E-state index in [0.29, 0.717) is 39.6 Å². The highest BCUT2D eigenvalue weighted by Gasteiger charge is 2.11. The molecule has 0 N–H and O–H groups in total. The summed E-state index contributed by atoms with van der Waals surface area (Å²) < 4.78 is 29.4. The molecule has 5 nitrogen and oxygen atoms in total. The van der Waals surface area contributed by atoms with Gasteiger partial charge in [0.05, 0.1) is 13.2 Å². The average Bonchev–Trinajstić information content (AvgIpc) is 2.78. The fourth-order valence-electron chi connectivity index (χ4n) is 3.09. The third-order valence-corrected chi connectivity index (χ3v) is 5.29. The molecule has 7 heteroatoms. The smallest absolute Gasteiger partial charge is 0.180 e. The second-order valence-corrected chi connectivity index (χ2v) is 8.90. The van der Waals surface area contributed by atoms with Crippen LogP contribution < -0.4 is 9.47 Å². The largest absolute Gasteiger partial charge is 0.493 e. The van der Waals surface area contributed by atoms with Crippen LogP contribution in [0, 0.1) is 6.92 Å². The average molecular weight is 506 g/mol. The minimum absolute atomic E-state index is 0.204. The Labute approximate surface area is 210 Å². The van der Waals surface area contributed by atoms with E-state index >= 15 is 0 Å². The molecule has 0 aliphatic rings. The fourth-order valence-corrected chi connectivity index (χ4v) is 3.21. The summed E-state index contributed by atoms with van der Waals surface area (Å²) in [7, 11) is 0. The summed E-state index contributed by atoms with van der Waals surface area (Å²) in [6.45, 7) is 12.0. The molecule has 33 heavy (non-hydrogen) atoms. The van der Waals surface area contributed by atoms with E-state index in [2.05, 4.69) is 20.8 Å². The molecule has 0 saturated carbocycles. The van der Waals surface area contributed by atoms with Crippen LogP contribution in [-0.4, -0.2) is 45.9 Å². The molecular formula is C26H42Cl2O5. The zero-order valence-electron chi connectivity index (χ0n) is 20.8. The van der Waals surface area contributed by atoms with E-state index in [9.17, 15) is 0 Å². The van der Waals surface area contributed by atoms with Gasteiger partial charge in [-0.15, -0.1) is 0 Å². The highest BCUT2D eigenvalue weighted by Crippen LogP contribution is 2.30. The van der Waals surface area contributed by atoms with E-state index in [1.165, 1.54) is 0 Å². The van der Waals surface area contributed by atoms with Gasteiger partial charge in [-0.05, 0) is 68.4 Å². The van der Waals surface area contributed by atoms with Crippen LogP contribution in [0.25, 0.3) is 0 Å². The van der Waals surface area contributed by atoms with Gasteiger partial charge in [-0.25, -0.2) is 0 Å². The van der Waals surface area contributed by atoms with Crippen molar-refractivity contribution in [1.29, 1.82) is 0 Å². The quantitative estimate of drug-likeness (QED) is 0.137. The summed E-state index contributed by atoms with van der Waals surface area (Å²) in [5.41, 5.74) is 2.18. The molecular weight excluding hydrogens is 463 g/mol. The van der Waals surface area contributed by atoms with Gasteiger partial charge in [0.15, 0.2) is 6.29 Å².